The fraction of sp³-hybridized carbons (Fsp3) is 0.600. The zero-order valence-corrected chi connectivity index (χ0v) is 12.5. The molecular weight excluding hydrogens is 260 g/mol. The van der Waals surface area contributed by atoms with E-state index in [1.54, 1.807) is 0 Å². The molecule has 1 aromatic carbocycles. The summed E-state index contributed by atoms with van der Waals surface area (Å²) in [7, 11) is 0. The first kappa shape index (κ1) is 14.6. The van der Waals surface area contributed by atoms with Crippen LogP contribution < -0.4 is 4.90 Å². The van der Waals surface area contributed by atoms with E-state index in [1.165, 1.54) is 6.42 Å². The molecular formula is C15H23ClN2O. The Kier molecular flexibility index (Phi) is 5.08. The molecule has 1 heterocycles. The number of likely N-dealkylation sites (N-methyl/N-ethyl adjacent to an activating group) is 1. The van der Waals surface area contributed by atoms with Crippen LogP contribution >= 0.6 is 11.6 Å². The zero-order chi connectivity index (χ0) is 13.8. The summed E-state index contributed by atoms with van der Waals surface area (Å²) in [6.07, 6.45) is 1.19. The highest BCUT2D eigenvalue weighted by atomic mass is 35.5. The first-order valence-electron chi connectivity index (χ1n) is 7.07. The number of hydrogen-bond acceptors (Lipinski definition) is 3. The van der Waals surface area contributed by atoms with E-state index in [0.29, 0.717) is 11.1 Å². The molecule has 0 radical (unpaired) electrons. The number of aliphatic hydroxyl groups excluding tert-OH is 1. The molecule has 1 aliphatic heterocycles. The van der Waals surface area contributed by atoms with E-state index >= 15 is 0 Å². The molecule has 0 aromatic heterocycles. The summed E-state index contributed by atoms with van der Waals surface area (Å²) in [6.45, 7) is 8.76. The summed E-state index contributed by atoms with van der Waals surface area (Å²) in [6, 6.07) is 6.41. The van der Waals surface area contributed by atoms with Gasteiger partial charge in [-0.1, -0.05) is 25.4 Å². The third kappa shape index (κ3) is 3.22. The SMILES string of the molecule is CCN(CC)C1CCN(c2ccc(Cl)cc2CO)C1. The van der Waals surface area contributed by atoms with Crippen LogP contribution in [0.1, 0.15) is 25.8 Å². The van der Waals surface area contributed by atoms with Gasteiger partial charge in [0.15, 0.2) is 0 Å². The minimum Gasteiger partial charge on any atom is -0.392 e. The van der Waals surface area contributed by atoms with Crippen molar-refractivity contribution >= 4 is 17.3 Å². The van der Waals surface area contributed by atoms with Gasteiger partial charge in [-0.25, -0.2) is 0 Å². The maximum Gasteiger partial charge on any atom is 0.0702 e. The molecule has 4 heteroatoms. The van der Waals surface area contributed by atoms with Crippen molar-refractivity contribution in [2.45, 2.75) is 32.9 Å². The molecule has 0 saturated carbocycles. The third-order valence-electron chi connectivity index (χ3n) is 4.04. The van der Waals surface area contributed by atoms with Gasteiger partial charge in [-0.2, -0.15) is 0 Å². The monoisotopic (exact) mass is 282 g/mol. The van der Waals surface area contributed by atoms with Crippen LogP contribution in [0, 0.1) is 0 Å². The number of benzene rings is 1. The third-order valence-corrected chi connectivity index (χ3v) is 4.28. The van der Waals surface area contributed by atoms with Gasteiger partial charge in [0.05, 0.1) is 6.61 Å². The molecule has 1 fully saturated rings. The van der Waals surface area contributed by atoms with Crippen molar-refractivity contribution in [3.63, 3.8) is 0 Å². The highest BCUT2D eigenvalue weighted by molar-refractivity contribution is 6.30. The molecule has 0 amide bonds. The van der Waals surface area contributed by atoms with Gasteiger partial charge >= 0.3 is 0 Å². The molecule has 3 nitrogen and oxygen atoms in total. The molecule has 1 unspecified atom stereocenters. The van der Waals surface area contributed by atoms with Crippen LogP contribution in [0.3, 0.4) is 0 Å². The van der Waals surface area contributed by atoms with Gasteiger partial charge in [-0.15, -0.1) is 0 Å². The van der Waals surface area contributed by atoms with Gasteiger partial charge < -0.3 is 10.0 Å². The molecule has 0 aliphatic carbocycles. The first-order chi connectivity index (χ1) is 9.19. The summed E-state index contributed by atoms with van der Waals surface area (Å²) < 4.78 is 0. The largest absolute Gasteiger partial charge is 0.392 e. The van der Waals surface area contributed by atoms with Crippen LogP contribution in [0.4, 0.5) is 5.69 Å². The standard InChI is InChI=1S/C15H23ClN2O/c1-3-17(4-2)14-7-8-18(10-14)15-6-5-13(16)9-12(15)11-19/h5-6,9,14,19H,3-4,7-8,10-11H2,1-2H3. The van der Waals surface area contributed by atoms with Crippen LogP contribution in [0.15, 0.2) is 18.2 Å². The lowest BCUT2D eigenvalue weighted by Crippen LogP contribution is -2.37. The van der Waals surface area contributed by atoms with Crippen LogP contribution in [0.25, 0.3) is 0 Å². The summed E-state index contributed by atoms with van der Waals surface area (Å²) in [4.78, 5) is 4.87. The van der Waals surface area contributed by atoms with Crippen molar-refractivity contribution in [1.82, 2.24) is 4.90 Å². The van der Waals surface area contributed by atoms with Gasteiger partial charge in [0, 0.05) is 35.4 Å². The normalized spacial score (nSPS) is 19.4. The average molecular weight is 283 g/mol. The second-order valence-corrected chi connectivity index (χ2v) is 5.48. The Balaban J connectivity index is 2.12. The quantitative estimate of drug-likeness (QED) is 0.900. The van der Waals surface area contributed by atoms with Crippen LogP contribution in [-0.2, 0) is 6.61 Å². The van der Waals surface area contributed by atoms with Gasteiger partial charge in [0.25, 0.3) is 0 Å². The van der Waals surface area contributed by atoms with E-state index in [4.69, 9.17) is 11.6 Å². The van der Waals surface area contributed by atoms with E-state index in [1.807, 2.05) is 18.2 Å². The van der Waals surface area contributed by atoms with Crippen molar-refractivity contribution in [1.29, 1.82) is 0 Å². The van der Waals surface area contributed by atoms with Gasteiger partial charge in [0.2, 0.25) is 0 Å². The lowest BCUT2D eigenvalue weighted by Gasteiger charge is -2.27. The Morgan fingerprint density at radius 3 is 2.74 bits per heavy atom. The first-order valence-corrected chi connectivity index (χ1v) is 7.45. The van der Waals surface area contributed by atoms with E-state index in [9.17, 15) is 5.11 Å². The van der Waals surface area contributed by atoms with E-state index in [2.05, 4.69) is 23.6 Å². The predicted octanol–water partition coefficient (Wildman–Crippen LogP) is 2.75. The molecule has 1 atom stereocenters. The Hall–Kier alpha value is -0.770. The lowest BCUT2D eigenvalue weighted by atomic mass is 10.1. The second-order valence-electron chi connectivity index (χ2n) is 5.04. The minimum absolute atomic E-state index is 0.0440. The van der Waals surface area contributed by atoms with Crippen molar-refractivity contribution in [2.75, 3.05) is 31.1 Å². The Bertz CT molecular complexity index is 421. The number of hydrogen-bond donors (Lipinski definition) is 1. The molecule has 1 aromatic rings. The molecule has 0 bridgehead atoms. The van der Waals surface area contributed by atoms with Gasteiger partial charge in [0.1, 0.15) is 0 Å². The van der Waals surface area contributed by atoms with Crippen LogP contribution in [-0.4, -0.2) is 42.2 Å². The number of halogens is 1. The van der Waals surface area contributed by atoms with Crippen molar-refractivity contribution in [3.05, 3.63) is 28.8 Å². The molecule has 2 rings (SSSR count). The minimum atomic E-state index is 0.0440. The highest BCUT2D eigenvalue weighted by Crippen LogP contribution is 2.28. The Labute approximate surface area is 120 Å². The molecule has 1 saturated heterocycles. The molecule has 0 spiro atoms. The zero-order valence-electron chi connectivity index (χ0n) is 11.8. The molecule has 1 aliphatic rings. The maximum absolute atomic E-state index is 9.47. The van der Waals surface area contributed by atoms with E-state index in [0.717, 1.165) is 37.4 Å². The number of aliphatic hydroxyl groups is 1. The van der Waals surface area contributed by atoms with E-state index in [-0.39, 0.29) is 6.61 Å². The van der Waals surface area contributed by atoms with Crippen molar-refractivity contribution < 1.29 is 5.11 Å². The number of nitrogens with zero attached hydrogens (tertiary/aromatic N) is 2. The van der Waals surface area contributed by atoms with Crippen molar-refractivity contribution in [2.24, 2.45) is 0 Å². The van der Waals surface area contributed by atoms with E-state index < -0.39 is 0 Å². The Morgan fingerprint density at radius 2 is 2.11 bits per heavy atom. The predicted molar refractivity (Wildman–Crippen MR) is 80.9 cm³/mol. The summed E-state index contributed by atoms with van der Waals surface area (Å²) in [5.41, 5.74) is 2.05. The maximum atomic E-state index is 9.47. The second kappa shape index (κ2) is 6.60. The summed E-state index contributed by atoms with van der Waals surface area (Å²) in [5.74, 6) is 0. The van der Waals surface area contributed by atoms with Gasteiger partial charge in [-0.05, 0) is 37.7 Å². The van der Waals surface area contributed by atoms with Crippen molar-refractivity contribution in [3.8, 4) is 0 Å². The average Bonchev–Trinajstić information content (AvgIpc) is 2.89. The van der Waals surface area contributed by atoms with Gasteiger partial charge in [-0.3, -0.25) is 4.90 Å². The van der Waals surface area contributed by atoms with Crippen LogP contribution in [0.2, 0.25) is 5.02 Å². The van der Waals surface area contributed by atoms with Crippen LogP contribution in [0.5, 0.6) is 0 Å². The Morgan fingerprint density at radius 1 is 1.37 bits per heavy atom. The molecule has 19 heavy (non-hydrogen) atoms. The number of rotatable bonds is 5. The molecule has 106 valence electrons. The fourth-order valence-electron chi connectivity index (χ4n) is 2.99. The summed E-state index contributed by atoms with van der Waals surface area (Å²) in [5, 5.41) is 10.2. The topological polar surface area (TPSA) is 26.7 Å². The summed E-state index contributed by atoms with van der Waals surface area (Å²) >= 11 is 5.99. The highest BCUT2D eigenvalue weighted by Gasteiger charge is 2.27. The lowest BCUT2D eigenvalue weighted by molar-refractivity contribution is 0.232. The number of anilines is 1. The molecule has 1 N–H and O–H groups in total. The smallest absolute Gasteiger partial charge is 0.0702 e. The fourth-order valence-corrected chi connectivity index (χ4v) is 3.18.